The van der Waals surface area contributed by atoms with Gasteiger partial charge >= 0.3 is 0 Å². The van der Waals surface area contributed by atoms with Gasteiger partial charge in [0.2, 0.25) is 0 Å². The quantitative estimate of drug-likeness (QED) is 0.674. The number of halogens is 1. The minimum absolute atomic E-state index is 0.742. The van der Waals surface area contributed by atoms with Crippen molar-refractivity contribution in [2.45, 2.75) is 19.8 Å². The van der Waals surface area contributed by atoms with E-state index in [0.717, 1.165) is 52.0 Å². The van der Waals surface area contributed by atoms with Crippen LogP contribution in [0.1, 0.15) is 17.8 Å². The predicted molar refractivity (Wildman–Crippen MR) is 85.1 cm³/mol. The maximum Gasteiger partial charge on any atom is 0.131 e. The molecule has 4 rings (SSSR count). The molecule has 0 saturated carbocycles. The first kappa shape index (κ1) is 12.8. The highest BCUT2D eigenvalue weighted by Crippen LogP contribution is 2.36. The third-order valence-electron chi connectivity index (χ3n) is 3.75. The molecular formula is C16H14BrN3O. The lowest BCUT2D eigenvalue weighted by Crippen LogP contribution is -2.04. The molecule has 0 unspecified atom stereocenters. The van der Waals surface area contributed by atoms with Crippen LogP contribution in [-0.4, -0.2) is 21.4 Å². The second kappa shape index (κ2) is 4.84. The molecule has 0 saturated heterocycles. The summed E-state index contributed by atoms with van der Waals surface area (Å²) in [6.07, 6.45) is 3.82. The molecule has 3 aromatic rings. The van der Waals surface area contributed by atoms with Crippen molar-refractivity contribution < 1.29 is 4.74 Å². The van der Waals surface area contributed by atoms with Crippen LogP contribution >= 0.6 is 15.9 Å². The minimum Gasteiger partial charge on any atom is -0.493 e. The van der Waals surface area contributed by atoms with Gasteiger partial charge in [-0.3, -0.25) is 4.98 Å². The van der Waals surface area contributed by atoms with Gasteiger partial charge in [0.05, 0.1) is 35.1 Å². The van der Waals surface area contributed by atoms with Crippen molar-refractivity contribution in [1.82, 2.24) is 14.8 Å². The van der Waals surface area contributed by atoms with Crippen LogP contribution in [0.15, 0.2) is 34.9 Å². The van der Waals surface area contributed by atoms with Crippen LogP contribution in [0, 0.1) is 6.92 Å². The van der Waals surface area contributed by atoms with E-state index in [4.69, 9.17) is 9.84 Å². The number of aromatic nitrogens is 3. The number of pyridine rings is 1. The third-order valence-corrected chi connectivity index (χ3v) is 4.21. The lowest BCUT2D eigenvalue weighted by atomic mass is 10.1. The van der Waals surface area contributed by atoms with Crippen LogP contribution in [0.4, 0.5) is 0 Å². The van der Waals surface area contributed by atoms with Gasteiger partial charge in [-0.2, -0.15) is 5.10 Å². The van der Waals surface area contributed by atoms with Gasteiger partial charge in [0.1, 0.15) is 5.75 Å². The summed E-state index contributed by atoms with van der Waals surface area (Å²) < 4.78 is 8.86. The zero-order valence-electron chi connectivity index (χ0n) is 11.6. The lowest BCUT2D eigenvalue weighted by molar-refractivity contribution is 0.318. The van der Waals surface area contributed by atoms with Crippen LogP contribution < -0.4 is 4.74 Å². The molecule has 1 aliphatic heterocycles. The zero-order chi connectivity index (χ0) is 14.4. The fourth-order valence-electron chi connectivity index (χ4n) is 2.78. The van der Waals surface area contributed by atoms with E-state index >= 15 is 0 Å². The molecule has 0 atom stereocenters. The Morgan fingerprint density at radius 1 is 1.29 bits per heavy atom. The number of benzene rings is 1. The number of ether oxygens (including phenoxy) is 1. The summed E-state index contributed by atoms with van der Waals surface area (Å²) in [4.78, 5) is 4.38. The molecule has 0 fully saturated rings. The summed E-state index contributed by atoms with van der Waals surface area (Å²) in [6.45, 7) is 2.73. The number of hydrogen-bond acceptors (Lipinski definition) is 3. The highest BCUT2D eigenvalue weighted by molar-refractivity contribution is 9.10. The van der Waals surface area contributed by atoms with Crippen LogP contribution in [0.2, 0.25) is 0 Å². The predicted octanol–water partition coefficient (Wildman–Crippen LogP) is 3.82. The number of rotatable bonds is 1. The van der Waals surface area contributed by atoms with Crippen molar-refractivity contribution in [2.75, 3.05) is 6.61 Å². The average Bonchev–Trinajstić information content (AvgIpc) is 2.68. The van der Waals surface area contributed by atoms with Gasteiger partial charge in [-0.15, -0.1) is 0 Å². The highest BCUT2D eigenvalue weighted by atomic mass is 79.9. The maximum atomic E-state index is 5.87. The van der Waals surface area contributed by atoms with Gasteiger partial charge in [-0.1, -0.05) is 15.9 Å². The number of aryl methyl sites for hydroxylation is 2. The summed E-state index contributed by atoms with van der Waals surface area (Å²) in [5.74, 6) is 0.915. The number of nitrogens with zero attached hydrogens (tertiary/aromatic N) is 3. The first-order chi connectivity index (χ1) is 10.2. The van der Waals surface area contributed by atoms with Crippen LogP contribution in [0.3, 0.4) is 0 Å². The molecule has 0 bridgehead atoms. The van der Waals surface area contributed by atoms with Gasteiger partial charge < -0.3 is 4.74 Å². The Labute approximate surface area is 130 Å². The Bertz CT molecular complexity index is 824. The monoisotopic (exact) mass is 343 g/mol. The molecule has 106 valence electrons. The van der Waals surface area contributed by atoms with Crippen molar-refractivity contribution in [2.24, 2.45) is 0 Å². The molecule has 1 aliphatic rings. The van der Waals surface area contributed by atoms with Gasteiger partial charge in [0.15, 0.2) is 0 Å². The van der Waals surface area contributed by atoms with Crippen molar-refractivity contribution in [3.8, 4) is 11.4 Å². The minimum atomic E-state index is 0.742. The van der Waals surface area contributed by atoms with E-state index in [2.05, 4.69) is 27.0 Å². The average molecular weight is 344 g/mol. The zero-order valence-corrected chi connectivity index (χ0v) is 13.2. The molecule has 5 heteroatoms. The van der Waals surface area contributed by atoms with Crippen molar-refractivity contribution in [3.05, 3.63) is 46.3 Å². The summed E-state index contributed by atoms with van der Waals surface area (Å²) in [5.41, 5.74) is 4.16. The fourth-order valence-corrected chi connectivity index (χ4v) is 3.20. The van der Waals surface area contributed by atoms with E-state index in [-0.39, 0.29) is 0 Å². The standard InChI is InChI=1S/C16H14BrN3O/c1-10-4-5-12(9-18-10)20-14-3-2-6-21-15-8-11(17)7-13(19-20)16(14)15/h4-5,7-9H,2-3,6H2,1H3. The van der Waals surface area contributed by atoms with Crippen molar-refractivity contribution in [3.63, 3.8) is 0 Å². The Balaban J connectivity index is 2.01. The molecule has 0 aliphatic carbocycles. The van der Waals surface area contributed by atoms with E-state index in [1.807, 2.05) is 36.0 Å². The summed E-state index contributed by atoms with van der Waals surface area (Å²) >= 11 is 3.53. The Morgan fingerprint density at radius 3 is 3.00 bits per heavy atom. The molecule has 4 nitrogen and oxygen atoms in total. The molecule has 1 aromatic carbocycles. The van der Waals surface area contributed by atoms with Crippen LogP contribution in [0.25, 0.3) is 16.6 Å². The van der Waals surface area contributed by atoms with Gasteiger partial charge in [0, 0.05) is 10.2 Å². The number of hydrogen-bond donors (Lipinski definition) is 0. The molecule has 2 aromatic heterocycles. The summed E-state index contributed by atoms with van der Waals surface area (Å²) in [6, 6.07) is 8.13. The fraction of sp³-hybridized carbons (Fsp3) is 0.250. The Morgan fingerprint density at radius 2 is 2.19 bits per heavy atom. The molecule has 0 N–H and O–H groups in total. The van der Waals surface area contributed by atoms with Crippen LogP contribution in [-0.2, 0) is 6.42 Å². The molecule has 0 radical (unpaired) electrons. The third kappa shape index (κ3) is 2.12. The summed E-state index contributed by atoms with van der Waals surface area (Å²) in [5, 5.41) is 5.87. The lowest BCUT2D eigenvalue weighted by Gasteiger charge is -2.06. The molecule has 21 heavy (non-hydrogen) atoms. The van der Waals surface area contributed by atoms with E-state index in [0.29, 0.717) is 0 Å². The molecule has 0 amide bonds. The SMILES string of the molecule is Cc1ccc(-n2nc3cc(Br)cc4c3c2CCCO4)cn1. The van der Waals surface area contributed by atoms with Crippen molar-refractivity contribution >= 4 is 26.8 Å². The molecular weight excluding hydrogens is 330 g/mol. The topological polar surface area (TPSA) is 39.9 Å². The van der Waals surface area contributed by atoms with Gasteiger partial charge in [0.25, 0.3) is 0 Å². The normalized spacial score (nSPS) is 14.0. The Kier molecular flexibility index (Phi) is 2.96. The summed E-state index contributed by atoms with van der Waals surface area (Å²) in [7, 11) is 0. The molecule has 0 spiro atoms. The smallest absolute Gasteiger partial charge is 0.131 e. The second-order valence-corrected chi connectivity index (χ2v) is 6.18. The Hall–Kier alpha value is -1.88. The van der Waals surface area contributed by atoms with E-state index in [1.165, 1.54) is 5.69 Å². The van der Waals surface area contributed by atoms with Gasteiger partial charge in [-0.25, -0.2) is 4.68 Å². The van der Waals surface area contributed by atoms with Gasteiger partial charge in [-0.05, 0) is 44.0 Å². The first-order valence-corrected chi connectivity index (χ1v) is 7.79. The van der Waals surface area contributed by atoms with E-state index in [9.17, 15) is 0 Å². The maximum absolute atomic E-state index is 5.87. The van der Waals surface area contributed by atoms with Crippen LogP contribution in [0.5, 0.6) is 5.75 Å². The second-order valence-electron chi connectivity index (χ2n) is 5.27. The largest absolute Gasteiger partial charge is 0.493 e. The van der Waals surface area contributed by atoms with Crippen molar-refractivity contribution in [1.29, 1.82) is 0 Å². The van der Waals surface area contributed by atoms with E-state index < -0.39 is 0 Å². The highest BCUT2D eigenvalue weighted by Gasteiger charge is 2.20. The molecule has 3 heterocycles. The first-order valence-electron chi connectivity index (χ1n) is 6.99. The van der Waals surface area contributed by atoms with E-state index in [1.54, 1.807) is 0 Å².